The van der Waals surface area contributed by atoms with Crippen LogP contribution in [-0.2, 0) is 17.7 Å². The van der Waals surface area contributed by atoms with Gasteiger partial charge in [0.1, 0.15) is 11.4 Å². The molecule has 4 nitrogen and oxygen atoms in total. The molecule has 0 bridgehead atoms. The van der Waals surface area contributed by atoms with Gasteiger partial charge in [-0.3, -0.25) is 0 Å². The van der Waals surface area contributed by atoms with Gasteiger partial charge in [-0.25, -0.2) is 9.18 Å². The molecule has 0 saturated heterocycles. The lowest BCUT2D eigenvalue weighted by Gasteiger charge is -2.27. The molecule has 140 valence electrons. The summed E-state index contributed by atoms with van der Waals surface area (Å²) < 4.78 is 21.8. The zero-order chi connectivity index (χ0) is 19.2. The fourth-order valence-corrected chi connectivity index (χ4v) is 3.78. The van der Waals surface area contributed by atoms with Crippen molar-refractivity contribution >= 4 is 17.0 Å². The van der Waals surface area contributed by atoms with Gasteiger partial charge >= 0.3 is 6.09 Å². The Bertz CT molecular complexity index is 1020. The first kappa shape index (κ1) is 17.6. The molecule has 5 heteroatoms. The van der Waals surface area contributed by atoms with Crippen molar-refractivity contribution in [2.24, 2.45) is 0 Å². The van der Waals surface area contributed by atoms with E-state index in [4.69, 9.17) is 4.74 Å². The standard InChI is InChI=1S/C22H23FN2O2/c1-22(2,3)27-21(26)24-15-11-14-7-6-9-17-18(13-25(12-15)20(14)17)16-8-4-5-10-19(16)23/h4-10,13,15H,11-12H2,1-3H3,(H,24,26)/t15-/m0/s1. The molecule has 27 heavy (non-hydrogen) atoms. The number of halogens is 1. The van der Waals surface area contributed by atoms with Crippen molar-refractivity contribution in [3.05, 3.63) is 60.0 Å². The first-order valence-corrected chi connectivity index (χ1v) is 9.17. The molecule has 0 fully saturated rings. The fraction of sp³-hybridized carbons (Fsp3) is 0.318. The van der Waals surface area contributed by atoms with Crippen molar-refractivity contribution in [3.8, 4) is 11.1 Å². The van der Waals surface area contributed by atoms with Crippen LogP contribution in [0.3, 0.4) is 0 Å². The van der Waals surface area contributed by atoms with E-state index in [-0.39, 0.29) is 11.9 Å². The Morgan fingerprint density at radius 1 is 1.15 bits per heavy atom. The van der Waals surface area contributed by atoms with Crippen molar-refractivity contribution < 1.29 is 13.9 Å². The maximum Gasteiger partial charge on any atom is 0.407 e. The molecule has 3 aromatic rings. The minimum absolute atomic E-state index is 0.0705. The van der Waals surface area contributed by atoms with Crippen LogP contribution in [0.5, 0.6) is 0 Å². The predicted molar refractivity (Wildman–Crippen MR) is 104 cm³/mol. The van der Waals surface area contributed by atoms with Gasteiger partial charge in [0, 0.05) is 29.3 Å². The van der Waals surface area contributed by atoms with Crippen LogP contribution in [0, 0.1) is 5.82 Å². The normalized spacial score (nSPS) is 16.4. The number of amides is 1. The molecule has 1 amide bonds. The molecule has 4 rings (SSSR count). The third-order valence-corrected chi connectivity index (χ3v) is 4.75. The molecule has 0 radical (unpaired) electrons. The highest BCUT2D eigenvalue weighted by molar-refractivity contribution is 5.98. The van der Waals surface area contributed by atoms with Gasteiger partial charge in [-0.2, -0.15) is 0 Å². The van der Waals surface area contributed by atoms with E-state index in [0.29, 0.717) is 12.1 Å². The SMILES string of the molecule is CC(C)(C)OC(=O)N[C@H]1Cc2cccc3c(-c4ccccc4F)cn(c23)C1. The van der Waals surface area contributed by atoms with Crippen LogP contribution in [0.25, 0.3) is 22.0 Å². The van der Waals surface area contributed by atoms with Gasteiger partial charge < -0.3 is 14.6 Å². The van der Waals surface area contributed by atoms with Crippen molar-refractivity contribution in [3.63, 3.8) is 0 Å². The van der Waals surface area contributed by atoms with Crippen LogP contribution in [0.4, 0.5) is 9.18 Å². The van der Waals surface area contributed by atoms with Gasteiger partial charge in [0.05, 0.1) is 11.6 Å². The zero-order valence-corrected chi connectivity index (χ0v) is 15.8. The highest BCUT2D eigenvalue weighted by Gasteiger charge is 2.26. The summed E-state index contributed by atoms with van der Waals surface area (Å²) in [4.78, 5) is 12.2. The van der Waals surface area contributed by atoms with Crippen LogP contribution in [-0.4, -0.2) is 22.3 Å². The number of carbonyl (C=O) groups excluding carboxylic acids is 1. The second kappa shape index (κ2) is 6.41. The Balaban J connectivity index is 1.68. The second-order valence-electron chi connectivity index (χ2n) is 8.04. The Morgan fingerprint density at radius 2 is 1.93 bits per heavy atom. The highest BCUT2D eigenvalue weighted by Crippen LogP contribution is 2.36. The summed E-state index contributed by atoms with van der Waals surface area (Å²) in [5.74, 6) is -0.232. The van der Waals surface area contributed by atoms with Gasteiger partial charge in [-0.15, -0.1) is 0 Å². The summed E-state index contributed by atoms with van der Waals surface area (Å²) in [5, 5.41) is 4.00. The van der Waals surface area contributed by atoms with Crippen LogP contribution in [0.15, 0.2) is 48.7 Å². The van der Waals surface area contributed by atoms with E-state index in [2.05, 4.69) is 16.0 Å². The molecule has 0 spiro atoms. The number of rotatable bonds is 2. The zero-order valence-electron chi connectivity index (χ0n) is 15.8. The first-order chi connectivity index (χ1) is 12.8. The number of nitrogens with one attached hydrogen (secondary N) is 1. The van der Waals surface area contributed by atoms with Gasteiger partial charge in [-0.05, 0) is 38.8 Å². The quantitative estimate of drug-likeness (QED) is 0.701. The molecule has 1 atom stereocenters. The average Bonchev–Trinajstić information content (AvgIpc) is 2.93. The van der Waals surface area contributed by atoms with E-state index in [1.165, 1.54) is 6.07 Å². The summed E-state index contributed by atoms with van der Waals surface area (Å²) in [7, 11) is 0. The first-order valence-electron chi connectivity index (χ1n) is 9.17. The Kier molecular flexibility index (Phi) is 4.17. The number of aromatic nitrogens is 1. The lowest BCUT2D eigenvalue weighted by Crippen LogP contribution is -2.43. The maximum atomic E-state index is 14.4. The highest BCUT2D eigenvalue weighted by atomic mass is 19.1. The molecule has 1 aliphatic rings. The number of hydrogen-bond acceptors (Lipinski definition) is 2. The van der Waals surface area contributed by atoms with E-state index >= 15 is 0 Å². The lowest BCUT2D eigenvalue weighted by atomic mass is 9.98. The van der Waals surface area contributed by atoms with Gasteiger partial charge in [0.25, 0.3) is 0 Å². The van der Waals surface area contributed by atoms with Crippen molar-refractivity contribution in [2.75, 3.05) is 0 Å². The van der Waals surface area contributed by atoms with Crippen LogP contribution < -0.4 is 5.32 Å². The molecule has 2 heterocycles. The topological polar surface area (TPSA) is 43.3 Å². The van der Waals surface area contributed by atoms with E-state index in [0.717, 1.165) is 28.5 Å². The number of alkyl carbamates (subject to hydrolysis) is 1. The number of ether oxygens (including phenoxy) is 1. The van der Waals surface area contributed by atoms with Crippen LogP contribution in [0.1, 0.15) is 26.3 Å². The Hall–Kier alpha value is -2.82. The molecule has 1 N–H and O–H groups in total. The van der Waals surface area contributed by atoms with Crippen LogP contribution in [0.2, 0.25) is 0 Å². The summed E-state index contributed by atoms with van der Waals surface area (Å²) in [6, 6.07) is 12.8. The minimum atomic E-state index is -0.532. The molecular weight excluding hydrogens is 343 g/mol. The second-order valence-corrected chi connectivity index (χ2v) is 8.04. The summed E-state index contributed by atoms with van der Waals surface area (Å²) in [5.41, 5.74) is 3.19. The van der Waals surface area contributed by atoms with Crippen molar-refractivity contribution in [1.82, 2.24) is 9.88 Å². The lowest BCUT2D eigenvalue weighted by molar-refractivity contribution is 0.0498. The van der Waals surface area contributed by atoms with Gasteiger partial charge in [0.15, 0.2) is 0 Å². The number of para-hydroxylation sites is 1. The van der Waals surface area contributed by atoms with Gasteiger partial charge in [0.2, 0.25) is 0 Å². The maximum absolute atomic E-state index is 14.4. The molecule has 0 aliphatic carbocycles. The molecule has 1 aromatic heterocycles. The largest absolute Gasteiger partial charge is 0.444 e. The summed E-state index contributed by atoms with van der Waals surface area (Å²) in [6.45, 7) is 6.16. The summed E-state index contributed by atoms with van der Waals surface area (Å²) >= 11 is 0. The number of nitrogens with zero attached hydrogens (tertiary/aromatic N) is 1. The van der Waals surface area contributed by atoms with Crippen LogP contribution >= 0.6 is 0 Å². The molecule has 0 unspecified atom stereocenters. The van der Waals surface area contributed by atoms with Crippen molar-refractivity contribution in [1.29, 1.82) is 0 Å². The monoisotopic (exact) mass is 366 g/mol. The van der Waals surface area contributed by atoms with E-state index in [1.54, 1.807) is 12.1 Å². The average molecular weight is 366 g/mol. The molecule has 1 aliphatic heterocycles. The van der Waals surface area contributed by atoms with E-state index in [9.17, 15) is 9.18 Å². The van der Waals surface area contributed by atoms with E-state index in [1.807, 2.05) is 45.2 Å². The minimum Gasteiger partial charge on any atom is -0.444 e. The third-order valence-electron chi connectivity index (χ3n) is 4.75. The fourth-order valence-electron chi connectivity index (χ4n) is 3.78. The Labute approximate surface area is 157 Å². The van der Waals surface area contributed by atoms with Crippen molar-refractivity contribution in [2.45, 2.75) is 45.4 Å². The van der Waals surface area contributed by atoms with E-state index < -0.39 is 11.7 Å². The third kappa shape index (κ3) is 3.42. The van der Waals surface area contributed by atoms with Gasteiger partial charge in [-0.1, -0.05) is 36.4 Å². The summed E-state index contributed by atoms with van der Waals surface area (Å²) in [6.07, 6.45) is 2.29. The molecule has 2 aromatic carbocycles. The smallest absolute Gasteiger partial charge is 0.407 e. The predicted octanol–water partition coefficient (Wildman–Crippen LogP) is 4.90. The number of benzene rings is 2. The molecular formula is C22H23FN2O2. The number of carbonyl (C=O) groups is 1. The Morgan fingerprint density at radius 3 is 2.67 bits per heavy atom. The molecule has 0 saturated carbocycles. The number of hydrogen-bond donors (Lipinski definition) is 1.